The first kappa shape index (κ1) is 15.2. The van der Waals surface area contributed by atoms with E-state index >= 15 is 0 Å². The van der Waals surface area contributed by atoms with Crippen molar-refractivity contribution in [2.75, 3.05) is 6.61 Å². The molecule has 0 bridgehead atoms. The molecule has 0 aliphatic heterocycles. The van der Waals surface area contributed by atoms with Crippen LogP contribution in [0, 0.1) is 0 Å². The number of rotatable bonds is 3. The number of fused-ring (bicyclic) bond motifs is 3. The lowest BCUT2D eigenvalue weighted by Gasteiger charge is -2.05. The fraction of sp³-hybridized carbons (Fsp3) is 0.111. The van der Waals surface area contributed by atoms with Gasteiger partial charge in [-0.3, -0.25) is 4.79 Å². The smallest absolute Gasteiger partial charge is 0.274 e. The SMILES string of the molecule is CCOc1ccc(/C=c2\sc3nc4ccccc4n3c2=O)cc1Cl. The molecule has 4 aromatic rings. The zero-order valence-corrected chi connectivity index (χ0v) is 14.4. The zero-order valence-electron chi connectivity index (χ0n) is 12.8. The van der Waals surface area contributed by atoms with Gasteiger partial charge >= 0.3 is 0 Å². The van der Waals surface area contributed by atoms with E-state index in [0.29, 0.717) is 26.9 Å². The van der Waals surface area contributed by atoms with Crippen LogP contribution in [-0.4, -0.2) is 16.0 Å². The number of halogens is 1. The van der Waals surface area contributed by atoms with Crippen molar-refractivity contribution in [3.8, 4) is 5.75 Å². The Morgan fingerprint density at radius 2 is 2.12 bits per heavy atom. The minimum absolute atomic E-state index is 0.0614. The second kappa shape index (κ2) is 5.92. The van der Waals surface area contributed by atoms with Gasteiger partial charge in [-0.05, 0) is 42.8 Å². The Labute approximate surface area is 146 Å². The highest BCUT2D eigenvalue weighted by Crippen LogP contribution is 2.25. The van der Waals surface area contributed by atoms with Crippen molar-refractivity contribution in [2.24, 2.45) is 0 Å². The number of nitrogens with zero attached hydrogens (tertiary/aromatic N) is 2. The van der Waals surface area contributed by atoms with Crippen LogP contribution in [0.4, 0.5) is 0 Å². The molecule has 0 amide bonds. The van der Waals surface area contributed by atoms with Crippen LogP contribution in [-0.2, 0) is 0 Å². The maximum absolute atomic E-state index is 12.7. The molecule has 2 aromatic carbocycles. The van der Waals surface area contributed by atoms with E-state index in [-0.39, 0.29) is 5.56 Å². The van der Waals surface area contributed by atoms with Gasteiger partial charge in [0.2, 0.25) is 0 Å². The molecule has 24 heavy (non-hydrogen) atoms. The highest BCUT2D eigenvalue weighted by molar-refractivity contribution is 7.15. The minimum atomic E-state index is -0.0614. The number of ether oxygens (including phenoxy) is 1. The molecule has 0 N–H and O–H groups in total. The number of thiazole rings is 1. The quantitative estimate of drug-likeness (QED) is 0.564. The Balaban J connectivity index is 1.87. The molecule has 0 aliphatic rings. The number of hydrogen-bond acceptors (Lipinski definition) is 4. The Kier molecular flexibility index (Phi) is 3.75. The molecule has 0 fully saturated rings. The maximum Gasteiger partial charge on any atom is 0.274 e. The summed E-state index contributed by atoms with van der Waals surface area (Å²) in [4.78, 5) is 17.9. The summed E-state index contributed by atoms with van der Waals surface area (Å²) >= 11 is 7.59. The Bertz CT molecular complexity index is 1160. The van der Waals surface area contributed by atoms with E-state index < -0.39 is 0 Å². The van der Waals surface area contributed by atoms with Crippen molar-refractivity contribution in [3.63, 3.8) is 0 Å². The monoisotopic (exact) mass is 356 g/mol. The summed E-state index contributed by atoms with van der Waals surface area (Å²) in [6, 6.07) is 13.1. The molecule has 0 aliphatic carbocycles. The summed E-state index contributed by atoms with van der Waals surface area (Å²) < 4.78 is 7.71. The van der Waals surface area contributed by atoms with Gasteiger partial charge in [0.25, 0.3) is 5.56 Å². The third-order valence-electron chi connectivity index (χ3n) is 3.70. The molecule has 2 aromatic heterocycles. The van der Waals surface area contributed by atoms with Crippen molar-refractivity contribution in [1.29, 1.82) is 0 Å². The summed E-state index contributed by atoms with van der Waals surface area (Å²) in [6.07, 6.45) is 1.83. The fourth-order valence-corrected chi connectivity index (χ4v) is 3.87. The van der Waals surface area contributed by atoms with E-state index in [0.717, 1.165) is 16.6 Å². The lowest BCUT2D eigenvalue weighted by Crippen LogP contribution is -2.22. The summed E-state index contributed by atoms with van der Waals surface area (Å²) in [6.45, 7) is 2.47. The molecular formula is C18H13ClN2O2S. The van der Waals surface area contributed by atoms with Crippen molar-refractivity contribution < 1.29 is 4.74 Å². The number of imidazole rings is 1. The second-order valence-electron chi connectivity index (χ2n) is 5.26. The van der Waals surface area contributed by atoms with Gasteiger partial charge in [-0.15, -0.1) is 0 Å². The molecule has 6 heteroatoms. The van der Waals surface area contributed by atoms with Crippen LogP contribution in [0.1, 0.15) is 12.5 Å². The predicted octanol–water partition coefficient (Wildman–Crippen LogP) is 3.51. The van der Waals surface area contributed by atoms with Gasteiger partial charge in [-0.1, -0.05) is 41.1 Å². The molecule has 4 rings (SSSR count). The van der Waals surface area contributed by atoms with Gasteiger partial charge in [-0.2, -0.15) is 0 Å². The van der Waals surface area contributed by atoms with E-state index in [9.17, 15) is 4.79 Å². The summed E-state index contributed by atoms with van der Waals surface area (Å²) in [5.74, 6) is 0.644. The topological polar surface area (TPSA) is 43.6 Å². The van der Waals surface area contributed by atoms with Gasteiger partial charge in [-0.25, -0.2) is 9.38 Å². The number of hydrogen-bond donors (Lipinski definition) is 0. The van der Waals surface area contributed by atoms with Crippen LogP contribution >= 0.6 is 22.9 Å². The Morgan fingerprint density at radius 1 is 1.29 bits per heavy atom. The van der Waals surface area contributed by atoms with E-state index in [2.05, 4.69) is 4.98 Å². The summed E-state index contributed by atoms with van der Waals surface area (Å²) in [7, 11) is 0. The van der Waals surface area contributed by atoms with Crippen molar-refractivity contribution in [2.45, 2.75) is 6.92 Å². The maximum atomic E-state index is 12.7. The third-order valence-corrected chi connectivity index (χ3v) is 4.96. The third kappa shape index (κ3) is 2.46. The van der Waals surface area contributed by atoms with E-state index in [1.807, 2.05) is 49.4 Å². The summed E-state index contributed by atoms with van der Waals surface area (Å²) in [5, 5.41) is 0.532. The minimum Gasteiger partial charge on any atom is -0.492 e. The lowest BCUT2D eigenvalue weighted by molar-refractivity contribution is 0.340. The van der Waals surface area contributed by atoms with Crippen molar-refractivity contribution in [1.82, 2.24) is 9.38 Å². The number of para-hydroxylation sites is 2. The molecule has 0 radical (unpaired) electrons. The van der Waals surface area contributed by atoms with Crippen molar-refractivity contribution >= 4 is 45.0 Å². The summed E-state index contributed by atoms with van der Waals surface area (Å²) in [5.41, 5.74) is 2.46. The van der Waals surface area contributed by atoms with Gasteiger partial charge in [0.05, 0.1) is 27.2 Å². The molecule has 0 saturated heterocycles. The van der Waals surface area contributed by atoms with Crippen LogP contribution in [0.5, 0.6) is 5.75 Å². The molecular weight excluding hydrogens is 344 g/mol. The van der Waals surface area contributed by atoms with Crippen LogP contribution in [0.2, 0.25) is 5.02 Å². The van der Waals surface area contributed by atoms with Crippen LogP contribution < -0.4 is 14.8 Å². The van der Waals surface area contributed by atoms with Gasteiger partial charge in [0.1, 0.15) is 5.75 Å². The Hall–Kier alpha value is -2.37. The van der Waals surface area contributed by atoms with E-state index in [1.165, 1.54) is 11.3 Å². The molecule has 0 saturated carbocycles. The van der Waals surface area contributed by atoms with Gasteiger partial charge in [0, 0.05) is 0 Å². The molecule has 4 nitrogen and oxygen atoms in total. The highest BCUT2D eigenvalue weighted by atomic mass is 35.5. The average Bonchev–Trinajstić information content (AvgIpc) is 3.07. The number of benzene rings is 2. The lowest BCUT2D eigenvalue weighted by atomic mass is 10.2. The van der Waals surface area contributed by atoms with E-state index in [4.69, 9.17) is 16.3 Å². The highest BCUT2D eigenvalue weighted by Gasteiger charge is 2.10. The van der Waals surface area contributed by atoms with E-state index in [1.54, 1.807) is 10.5 Å². The normalized spacial score (nSPS) is 12.3. The molecule has 0 unspecified atom stereocenters. The predicted molar refractivity (Wildman–Crippen MR) is 98.3 cm³/mol. The first-order chi connectivity index (χ1) is 11.7. The standard InChI is InChI=1S/C18H13ClN2O2S/c1-2-23-15-8-7-11(9-12(15)19)10-16-17(22)21-14-6-4-3-5-13(14)20-18(21)24-16/h3-10H,2H2,1H3/b16-10-. The second-order valence-corrected chi connectivity index (χ2v) is 6.67. The molecule has 2 heterocycles. The van der Waals surface area contributed by atoms with Crippen molar-refractivity contribution in [3.05, 3.63) is 67.9 Å². The van der Waals surface area contributed by atoms with Crippen LogP contribution in [0.3, 0.4) is 0 Å². The molecule has 0 spiro atoms. The van der Waals surface area contributed by atoms with Crippen LogP contribution in [0.15, 0.2) is 47.3 Å². The van der Waals surface area contributed by atoms with Gasteiger partial charge in [0.15, 0.2) is 4.96 Å². The molecule has 0 atom stereocenters. The van der Waals surface area contributed by atoms with Gasteiger partial charge < -0.3 is 4.74 Å². The molecule has 120 valence electrons. The van der Waals surface area contributed by atoms with Crippen LogP contribution in [0.25, 0.3) is 22.1 Å². The first-order valence-corrected chi connectivity index (χ1v) is 8.71. The largest absolute Gasteiger partial charge is 0.492 e. The number of aromatic nitrogens is 2. The zero-order chi connectivity index (χ0) is 16.7. The fourth-order valence-electron chi connectivity index (χ4n) is 2.64. The Morgan fingerprint density at radius 3 is 2.92 bits per heavy atom. The average molecular weight is 357 g/mol. The first-order valence-electron chi connectivity index (χ1n) is 7.51.